The Morgan fingerprint density at radius 1 is 0.811 bits per heavy atom. The van der Waals surface area contributed by atoms with Gasteiger partial charge < -0.3 is 9.30 Å². The minimum absolute atomic E-state index is 0.134. The molecule has 1 N–H and O–H groups in total. The van der Waals surface area contributed by atoms with Crippen LogP contribution in [0.2, 0.25) is 0 Å². The Balaban J connectivity index is 1.48. The van der Waals surface area contributed by atoms with E-state index < -0.39 is 0 Å². The van der Waals surface area contributed by atoms with Crippen molar-refractivity contribution in [2.24, 2.45) is 5.10 Å². The molecule has 6 heteroatoms. The Kier molecular flexibility index (Phi) is 7.58. The molecule has 5 nitrogen and oxygen atoms in total. The van der Waals surface area contributed by atoms with Gasteiger partial charge in [0.2, 0.25) is 0 Å². The molecule has 182 valence electrons. The number of nitrogens with zero attached hydrogens (tertiary/aromatic N) is 2. The van der Waals surface area contributed by atoms with Crippen LogP contribution in [-0.4, -0.2) is 23.3 Å². The van der Waals surface area contributed by atoms with E-state index in [4.69, 9.17) is 4.74 Å². The predicted molar refractivity (Wildman–Crippen MR) is 152 cm³/mol. The number of halogens is 1. The Labute approximate surface area is 224 Å². The summed E-state index contributed by atoms with van der Waals surface area (Å²) in [5.41, 5.74) is 8.63. The largest absolute Gasteiger partial charge is 0.484 e. The number of ether oxygens (including phenoxy) is 1. The van der Waals surface area contributed by atoms with Crippen molar-refractivity contribution in [2.45, 2.75) is 0 Å². The van der Waals surface area contributed by atoms with E-state index in [1.807, 2.05) is 66.7 Å². The van der Waals surface area contributed by atoms with Crippen LogP contribution in [0, 0.1) is 0 Å². The molecule has 0 saturated carbocycles. The number of rotatable bonds is 8. The summed E-state index contributed by atoms with van der Waals surface area (Å²) in [6.45, 7) is -0.134. The molecule has 0 atom stereocenters. The number of carbonyl (C=O) groups is 1. The molecule has 0 aliphatic carbocycles. The molecule has 0 aliphatic heterocycles. The van der Waals surface area contributed by atoms with E-state index in [0.717, 1.165) is 38.2 Å². The molecule has 1 heterocycles. The van der Waals surface area contributed by atoms with Gasteiger partial charge in [0.25, 0.3) is 5.91 Å². The molecule has 0 spiro atoms. The minimum atomic E-state index is -0.341. The summed E-state index contributed by atoms with van der Waals surface area (Å²) in [6, 6.07) is 40.0. The van der Waals surface area contributed by atoms with Gasteiger partial charge in [0.05, 0.1) is 17.6 Å². The Morgan fingerprint density at radius 2 is 1.41 bits per heavy atom. The number of aromatic nitrogens is 1. The predicted octanol–water partition coefficient (Wildman–Crippen LogP) is 7.10. The monoisotopic (exact) mass is 549 g/mol. The summed E-state index contributed by atoms with van der Waals surface area (Å²) >= 11 is 3.39. The number of hydrogen-bond acceptors (Lipinski definition) is 3. The lowest BCUT2D eigenvalue weighted by molar-refractivity contribution is -0.123. The van der Waals surface area contributed by atoms with Crippen LogP contribution in [0.3, 0.4) is 0 Å². The zero-order valence-electron chi connectivity index (χ0n) is 19.9. The van der Waals surface area contributed by atoms with Crippen molar-refractivity contribution in [3.05, 3.63) is 131 Å². The molecule has 0 saturated heterocycles. The number of carbonyl (C=O) groups excluding carboxylic acids is 1. The third-order valence-corrected chi connectivity index (χ3v) is 6.27. The van der Waals surface area contributed by atoms with Gasteiger partial charge in [-0.25, -0.2) is 5.43 Å². The number of para-hydroxylation sites is 1. The van der Waals surface area contributed by atoms with Crippen LogP contribution in [0.1, 0.15) is 5.56 Å². The lowest BCUT2D eigenvalue weighted by atomic mass is 10.1. The maximum Gasteiger partial charge on any atom is 0.277 e. The van der Waals surface area contributed by atoms with Crippen LogP contribution < -0.4 is 10.2 Å². The molecular formula is C31H24BrN3O2. The average molecular weight is 550 g/mol. The first-order chi connectivity index (χ1) is 18.2. The van der Waals surface area contributed by atoms with Gasteiger partial charge in [0.15, 0.2) is 6.61 Å². The van der Waals surface area contributed by atoms with Crippen molar-refractivity contribution in [2.75, 3.05) is 6.61 Å². The SMILES string of the molecule is O=C(COc1ccc(Br)cc1)N/N=C\c1cc(-c2ccccc2)n(-c2ccccc2)c1-c1ccccc1. The second-order valence-electron chi connectivity index (χ2n) is 8.27. The minimum Gasteiger partial charge on any atom is -0.484 e. The summed E-state index contributed by atoms with van der Waals surface area (Å²) in [5, 5.41) is 4.27. The number of nitrogens with one attached hydrogen (secondary N) is 1. The second-order valence-corrected chi connectivity index (χ2v) is 9.19. The van der Waals surface area contributed by atoms with Crippen LogP contribution in [0.5, 0.6) is 5.75 Å². The second kappa shape index (κ2) is 11.5. The Bertz CT molecular complexity index is 1500. The summed E-state index contributed by atoms with van der Waals surface area (Å²) in [4.78, 5) is 12.4. The maximum absolute atomic E-state index is 12.4. The van der Waals surface area contributed by atoms with Crippen molar-refractivity contribution < 1.29 is 9.53 Å². The first kappa shape index (κ1) is 24.3. The van der Waals surface area contributed by atoms with E-state index in [2.05, 4.69) is 73.5 Å². The molecule has 0 bridgehead atoms. The molecule has 1 amide bonds. The standard InChI is InChI=1S/C31H24BrN3O2/c32-26-16-18-28(19-17-26)37-22-30(36)34-33-21-25-20-29(23-10-4-1-5-11-23)35(27-14-8-3-9-15-27)31(25)24-12-6-2-7-13-24/h1-21H,22H2,(H,34,36)/b33-21-. The Hall–Kier alpha value is -4.42. The lowest BCUT2D eigenvalue weighted by Crippen LogP contribution is -2.24. The van der Waals surface area contributed by atoms with Crippen LogP contribution in [-0.2, 0) is 4.79 Å². The van der Waals surface area contributed by atoms with Gasteiger partial charge in [-0.05, 0) is 53.6 Å². The van der Waals surface area contributed by atoms with E-state index in [1.165, 1.54) is 0 Å². The third-order valence-electron chi connectivity index (χ3n) is 5.74. The van der Waals surface area contributed by atoms with E-state index >= 15 is 0 Å². The molecule has 0 fully saturated rings. The van der Waals surface area contributed by atoms with E-state index in [-0.39, 0.29) is 12.5 Å². The number of benzene rings is 4. The molecule has 0 unspecified atom stereocenters. The van der Waals surface area contributed by atoms with Crippen molar-refractivity contribution in [1.29, 1.82) is 0 Å². The van der Waals surface area contributed by atoms with Crippen LogP contribution in [0.25, 0.3) is 28.2 Å². The van der Waals surface area contributed by atoms with Crippen molar-refractivity contribution >= 4 is 28.1 Å². The van der Waals surface area contributed by atoms with Gasteiger partial charge in [-0.1, -0.05) is 94.8 Å². The summed E-state index contributed by atoms with van der Waals surface area (Å²) < 4.78 is 8.72. The maximum atomic E-state index is 12.4. The van der Waals surface area contributed by atoms with Crippen molar-refractivity contribution in [3.8, 4) is 34.0 Å². The topological polar surface area (TPSA) is 55.6 Å². The van der Waals surface area contributed by atoms with Crippen molar-refractivity contribution in [1.82, 2.24) is 9.99 Å². The summed E-state index contributed by atoms with van der Waals surface area (Å²) in [5.74, 6) is 0.271. The summed E-state index contributed by atoms with van der Waals surface area (Å²) in [7, 11) is 0. The zero-order valence-corrected chi connectivity index (χ0v) is 21.5. The fourth-order valence-corrected chi connectivity index (χ4v) is 4.34. The zero-order chi connectivity index (χ0) is 25.5. The Morgan fingerprint density at radius 3 is 2.05 bits per heavy atom. The van der Waals surface area contributed by atoms with Gasteiger partial charge in [-0.2, -0.15) is 5.10 Å². The van der Waals surface area contributed by atoms with Crippen LogP contribution in [0.4, 0.5) is 0 Å². The average Bonchev–Trinajstić information content (AvgIpc) is 3.33. The summed E-state index contributed by atoms with van der Waals surface area (Å²) in [6.07, 6.45) is 1.69. The van der Waals surface area contributed by atoms with Crippen molar-refractivity contribution in [3.63, 3.8) is 0 Å². The first-order valence-electron chi connectivity index (χ1n) is 11.8. The first-order valence-corrected chi connectivity index (χ1v) is 12.6. The highest BCUT2D eigenvalue weighted by molar-refractivity contribution is 9.10. The fraction of sp³-hybridized carbons (Fsp3) is 0.0323. The molecule has 4 aromatic carbocycles. The highest BCUT2D eigenvalue weighted by Gasteiger charge is 2.18. The van der Waals surface area contributed by atoms with Crippen LogP contribution in [0.15, 0.2) is 131 Å². The van der Waals surface area contributed by atoms with E-state index in [0.29, 0.717) is 5.75 Å². The van der Waals surface area contributed by atoms with Gasteiger partial charge in [-0.15, -0.1) is 0 Å². The fourth-order valence-electron chi connectivity index (χ4n) is 4.07. The van der Waals surface area contributed by atoms with Gasteiger partial charge >= 0.3 is 0 Å². The normalized spacial score (nSPS) is 10.9. The van der Waals surface area contributed by atoms with Gasteiger partial charge in [0, 0.05) is 15.7 Å². The van der Waals surface area contributed by atoms with E-state index in [9.17, 15) is 4.79 Å². The number of hydrazone groups is 1. The van der Waals surface area contributed by atoms with Crippen LogP contribution >= 0.6 is 15.9 Å². The highest BCUT2D eigenvalue weighted by Crippen LogP contribution is 2.35. The third kappa shape index (κ3) is 5.88. The number of amides is 1. The molecule has 5 rings (SSSR count). The number of hydrogen-bond donors (Lipinski definition) is 1. The van der Waals surface area contributed by atoms with Gasteiger partial charge in [-0.3, -0.25) is 4.79 Å². The molecule has 5 aromatic rings. The lowest BCUT2D eigenvalue weighted by Gasteiger charge is -2.15. The molecule has 37 heavy (non-hydrogen) atoms. The molecular weight excluding hydrogens is 526 g/mol. The quantitative estimate of drug-likeness (QED) is 0.166. The molecule has 1 aromatic heterocycles. The molecule has 0 aliphatic rings. The highest BCUT2D eigenvalue weighted by atomic mass is 79.9. The van der Waals surface area contributed by atoms with E-state index in [1.54, 1.807) is 18.3 Å². The smallest absolute Gasteiger partial charge is 0.277 e. The molecule has 0 radical (unpaired) electrons. The van der Waals surface area contributed by atoms with Gasteiger partial charge in [0.1, 0.15) is 5.75 Å².